The average molecular weight is 830 g/mol. The van der Waals surface area contributed by atoms with E-state index < -0.39 is 73.0 Å². The van der Waals surface area contributed by atoms with Crippen LogP contribution in [0, 0.1) is 0 Å². The van der Waals surface area contributed by atoms with Crippen molar-refractivity contribution >= 4 is 29.7 Å². The molecule has 1 saturated heterocycles. The lowest BCUT2D eigenvalue weighted by Gasteiger charge is -2.42. The average Bonchev–Trinajstić information content (AvgIpc) is 3.20. The van der Waals surface area contributed by atoms with Crippen molar-refractivity contribution in [1.82, 2.24) is 16.0 Å². The Balaban J connectivity index is 2.51. The number of hydrogen-bond acceptors (Lipinski definition) is 12. The maximum Gasteiger partial charge on any atom is 0.328 e. The molecule has 0 saturated carbocycles. The Labute approximate surface area is 347 Å². The van der Waals surface area contributed by atoms with E-state index in [-0.39, 0.29) is 45.4 Å². The van der Waals surface area contributed by atoms with Crippen LogP contribution in [0.2, 0.25) is 0 Å². The third-order valence-corrected chi connectivity index (χ3v) is 10.3. The van der Waals surface area contributed by atoms with Gasteiger partial charge in [0, 0.05) is 32.7 Å². The molecule has 338 valence electrons. The van der Waals surface area contributed by atoms with Crippen molar-refractivity contribution in [2.45, 2.75) is 212 Å². The standard InChI is InChI=1S/C43H79N3O12/c1-4-6-8-10-12-14-16-18-20-22-29-55-38(51)27-24-34(42(54)56-30-23-21-19-17-15-13-11-9-7-5-2)46-37(50)26-25-36(49)44-28-31-57-43-39(45-33(3)48)41(53)40(52)35(32-47)58-43/h34-35,39-41,43,47,52-53H,4-32H2,1-3H3,(H,44,49)(H,45,48)(H,46,50)/t34-,35+,39+,40-,41+,43+/m0/s1. The molecule has 0 radical (unpaired) electrons. The van der Waals surface area contributed by atoms with Crippen LogP contribution < -0.4 is 16.0 Å². The van der Waals surface area contributed by atoms with Gasteiger partial charge >= 0.3 is 11.9 Å². The fourth-order valence-electron chi connectivity index (χ4n) is 6.78. The SMILES string of the molecule is CCCCCCCCCCCCOC(=O)CC[C@H](NC(=O)CCC(=O)NCCO[C@@H]1O[C@H](CO)[C@H](O)[C@H](O)[C@H]1NC(C)=O)C(=O)OCCCCCCCCCCCC. The van der Waals surface area contributed by atoms with Crippen molar-refractivity contribution in [2.75, 3.05) is 33.0 Å². The maximum atomic E-state index is 13.1. The highest BCUT2D eigenvalue weighted by Gasteiger charge is 2.45. The van der Waals surface area contributed by atoms with Crippen molar-refractivity contribution in [2.24, 2.45) is 0 Å². The number of amides is 3. The molecule has 1 aliphatic heterocycles. The Morgan fingerprint density at radius 1 is 0.638 bits per heavy atom. The zero-order valence-corrected chi connectivity index (χ0v) is 36.0. The van der Waals surface area contributed by atoms with E-state index in [4.69, 9.17) is 18.9 Å². The van der Waals surface area contributed by atoms with Gasteiger partial charge in [0.25, 0.3) is 0 Å². The number of nitrogens with one attached hydrogen (secondary N) is 3. The maximum absolute atomic E-state index is 13.1. The number of esters is 2. The number of hydrogen-bond donors (Lipinski definition) is 6. The molecule has 1 aliphatic rings. The summed E-state index contributed by atoms with van der Waals surface area (Å²) in [5.74, 6) is -2.59. The van der Waals surface area contributed by atoms with Crippen molar-refractivity contribution in [3.8, 4) is 0 Å². The van der Waals surface area contributed by atoms with Gasteiger partial charge in [-0.2, -0.15) is 0 Å². The van der Waals surface area contributed by atoms with Crippen molar-refractivity contribution in [1.29, 1.82) is 0 Å². The second kappa shape index (κ2) is 35.0. The van der Waals surface area contributed by atoms with Crippen LogP contribution in [-0.4, -0.2) is 115 Å². The first-order chi connectivity index (χ1) is 28.0. The van der Waals surface area contributed by atoms with E-state index in [0.717, 1.165) is 38.5 Å². The third kappa shape index (κ3) is 26.3. The van der Waals surface area contributed by atoms with Gasteiger partial charge in [-0.15, -0.1) is 0 Å². The highest BCUT2D eigenvalue weighted by atomic mass is 16.7. The third-order valence-electron chi connectivity index (χ3n) is 10.3. The summed E-state index contributed by atoms with van der Waals surface area (Å²) < 4.78 is 22.0. The second-order valence-electron chi connectivity index (χ2n) is 15.6. The number of carbonyl (C=O) groups excluding carboxylic acids is 5. The van der Waals surface area contributed by atoms with Gasteiger partial charge in [-0.3, -0.25) is 19.2 Å². The summed E-state index contributed by atoms with van der Waals surface area (Å²) in [6.07, 6.45) is 17.3. The number of aliphatic hydroxyl groups excluding tert-OH is 3. The summed E-state index contributed by atoms with van der Waals surface area (Å²) in [4.78, 5) is 62.6. The quantitative estimate of drug-likeness (QED) is 0.0362. The van der Waals surface area contributed by atoms with Crippen LogP contribution in [0.25, 0.3) is 0 Å². The molecule has 1 fully saturated rings. The normalized spacial score (nSPS) is 19.6. The monoisotopic (exact) mass is 830 g/mol. The van der Waals surface area contributed by atoms with Crippen LogP contribution in [0.1, 0.15) is 175 Å². The summed E-state index contributed by atoms with van der Waals surface area (Å²) in [6.45, 7) is 5.47. The molecular weight excluding hydrogens is 750 g/mol. The largest absolute Gasteiger partial charge is 0.466 e. The first-order valence-electron chi connectivity index (χ1n) is 22.4. The molecule has 0 bridgehead atoms. The van der Waals surface area contributed by atoms with E-state index >= 15 is 0 Å². The fourth-order valence-corrected chi connectivity index (χ4v) is 6.78. The highest BCUT2D eigenvalue weighted by molar-refractivity contribution is 5.87. The molecule has 0 aromatic heterocycles. The second-order valence-corrected chi connectivity index (χ2v) is 15.6. The Hall–Kier alpha value is -2.85. The first kappa shape index (κ1) is 53.2. The molecule has 0 unspecified atom stereocenters. The van der Waals surface area contributed by atoms with Gasteiger partial charge in [0.2, 0.25) is 17.7 Å². The lowest BCUT2D eigenvalue weighted by Crippen LogP contribution is -2.64. The number of ether oxygens (including phenoxy) is 4. The lowest BCUT2D eigenvalue weighted by atomic mass is 9.97. The first-order valence-corrected chi connectivity index (χ1v) is 22.4. The van der Waals surface area contributed by atoms with Gasteiger partial charge in [-0.05, 0) is 19.3 Å². The minimum absolute atomic E-state index is 0.00852. The van der Waals surface area contributed by atoms with Gasteiger partial charge in [-0.25, -0.2) is 4.79 Å². The molecule has 3 amide bonds. The molecule has 0 spiro atoms. The molecule has 15 nitrogen and oxygen atoms in total. The summed E-state index contributed by atoms with van der Waals surface area (Å²) in [5.41, 5.74) is 0. The van der Waals surface area contributed by atoms with Crippen LogP contribution >= 0.6 is 0 Å². The fraction of sp³-hybridized carbons (Fsp3) is 0.884. The molecule has 0 aliphatic carbocycles. The van der Waals surface area contributed by atoms with Crippen LogP contribution in [0.4, 0.5) is 0 Å². The number of aliphatic hydroxyl groups is 3. The Bertz CT molecular complexity index is 1110. The number of unbranched alkanes of at least 4 members (excludes halogenated alkanes) is 18. The Kier molecular flexibility index (Phi) is 32.0. The molecule has 0 aromatic carbocycles. The van der Waals surface area contributed by atoms with Gasteiger partial charge in [0.1, 0.15) is 30.4 Å². The smallest absolute Gasteiger partial charge is 0.328 e. The van der Waals surface area contributed by atoms with Crippen LogP contribution in [-0.2, 0) is 42.9 Å². The highest BCUT2D eigenvalue weighted by Crippen LogP contribution is 2.22. The van der Waals surface area contributed by atoms with Crippen LogP contribution in [0.3, 0.4) is 0 Å². The van der Waals surface area contributed by atoms with E-state index in [9.17, 15) is 39.3 Å². The van der Waals surface area contributed by atoms with Gasteiger partial charge in [0.05, 0.1) is 26.4 Å². The molecule has 1 heterocycles. The van der Waals surface area contributed by atoms with Crippen LogP contribution in [0.5, 0.6) is 0 Å². The molecule has 6 N–H and O–H groups in total. The number of rotatable bonds is 36. The van der Waals surface area contributed by atoms with E-state index in [0.29, 0.717) is 13.0 Å². The minimum atomic E-state index is -1.46. The van der Waals surface area contributed by atoms with Crippen molar-refractivity contribution in [3.05, 3.63) is 0 Å². The van der Waals surface area contributed by atoms with Gasteiger partial charge in [0.15, 0.2) is 6.29 Å². The van der Waals surface area contributed by atoms with Crippen molar-refractivity contribution in [3.63, 3.8) is 0 Å². The summed E-state index contributed by atoms with van der Waals surface area (Å²) in [6, 6.07) is -2.18. The van der Waals surface area contributed by atoms with Gasteiger partial charge < -0.3 is 50.2 Å². The summed E-state index contributed by atoms with van der Waals surface area (Å²) in [5, 5.41) is 37.7. The molecule has 58 heavy (non-hydrogen) atoms. The molecule has 0 aromatic rings. The van der Waals surface area contributed by atoms with Crippen molar-refractivity contribution < 1.29 is 58.2 Å². The molecule has 15 heteroatoms. The summed E-state index contributed by atoms with van der Waals surface area (Å²) in [7, 11) is 0. The van der Waals surface area contributed by atoms with E-state index in [2.05, 4.69) is 29.8 Å². The zero-order chi connectivity index (χ0) is 42.8. The van der Waals surface area contributed by atoms with E-state index in [1.54, 1.807) is 0 Å². The summed E-state index contributed by atoms with van der Waals surface area (Å²) >= 11 is 0. The molecular formula is C43H79N3O12. The Morgan fingerprint density at radius 3 is 1.66 bits per heavy atom. The van der Waals surface area contributed by atoms with Crippen LogP contribution in [0.15, 0.2) is 0 Å². The minimum Gasteiger partial charge on any atom is -0.466 e. The van der Waals surface area contributed by atoms with Gasteiger partial charge in [-0.1, -0.05) is 129 Å². The van der Waals surface area contributed by atoms with E-state index in [1.165, 1.54) is 90.4 Å². The predicted molar refractivity (Wildman–Crippen MR) is 220 cm³/mol. The Morgan fingerprint density at radius 2 is 1.14 bits per heavy atom. The number of carbonyl (C=O) groups is 5. The topological polar surface area (TPSA) is 219 Å². The molecule has 6 atom stereocenters. The predicted octanol–water partition coefficient (Wildman–Crippen LogP) is 5.04. The lowest BCUT2D eigenvalue weighted by molar-refractivity contribution is -0.269. The zero-order valence-electron chi connectivity index (χ0n) is 36.0. The van der Waals surface area contributed by atoms with E-state index in [1.807, 2.05) is 0 Å². The molecule has 1 rings (SSSR count).